The van der Waals surface area contributed by atoms with Gasteiger partial charge in [-0.25, -0.2) is 4.98 Å². The minimum atomic E-state index is -0.0801. The molecule has 4 nitrogen and oxygen atoms in total. The highest BCUT2D eigenvalue weighted by atomic mass is 127. The summed E-state index contributed by atoms with van der Waals surface area (Å²) >= 11 is 3.72. The zero-order valence-electron chi connectivity index (χ0n) is 11.5. The minimum absolute atomic E-state index is 0.0801. The lowest BCUT2D eigenvalue weighted by Gasteiger charge is -2.05. The molecule has 1 aromatic carbocycles. The van der Waals surface area contributed by atoms with Crippen LogP contribution in [0.3, 0.4) is 0 Å². The maximum absolute atomic E-state index is 12.2. The van der Waals surface area contributed by atoms with Crippen LogP contribution in [0.5, 0.6) is 0 Å². The molecular weight excluding hydrogens is 409 g/mol. The lowest BCUT2D eigenvalue weighted by atomic mass is 10.2. The molecule has 3 rings (SSSR count). The van der Waals surface area contributed by atoms with Crippen LogP contribution in [0.1, 0.15) is 16.1 Å². The van der Waals surface area contributed by atoms with Crippen molar-refractivity contribution in [1.82, 2.24) is 15.3 Å². The maximum Gasteiger partial charge on any atom is 0.252 e. The molecule has 0 aliphatic heterocycles. The summed E-state index contributed by atoms with van der Waals surface area (Å²) in [6.07, 6.45) is 3.49. The zero-order chi connectivity index (χ0) is 15.4. The number of rotatable bonds is 4. The van der Waals surface area contributed by atoms with Gasteiger partial charge in [0.05, 0.1) is 17.8 Å². The normalized spacial score (nSPS) is 10.4. The van der Waals surface area contributed by atoms with Gasteiger partial charge in [-0.15, -0.1) is 11.3 Å². The van der Waals surface area contributed by atoms with E-state index in [0.717, 1.165) is 19.8 Å². The quantitative estimate of drug-likeness (QED) is 0.654. The molecule has 2 heterocycles. The number of aromatic nitrogens is 2. The first-order valence-electron chi connectivity index (χ1n) is 6.61. The van der Waals surface area contributed by atoms with Gasteiger partial charge in [0.2, 0.25) is 0 Å². The summed E-state index contributed by atoms with van der Waals surface area (Å²) in [7, 11) is 0. The van der Waals surface area contributed by atoms with Crippen molar-refractivity contribution in [1.29, 1.82) is 0 Å². The van der Waals surface area contributed by atoms with Crippen molar-refractivity contribution in [2.75, 3.05) is 0 Å². The van der Waals surface area contributed by atoms with Gasteiger partial charge in [0.25, 0.3) is 5.91 Å². The second-order valence-corrected chi connectivity index (χ2v) is 6.56. The number of hydrogen-bond acceptors (Lipinski definition) is 4. The predicted octanol–water partition coefficient (Wildman–Crippen LogP) is 3.74. The van der Waals surface area contributed by atoms with Gasteiger partial charge in [0.1, 0.15) is 5.01 Å². The van der Waals surface area contributed by atoms with E-state index < -0.39 is 0 Å². The van der Waals surface area contributed by atoms with E-state index in [1.165, 1.54) is 0 Å². The van der Waals surface area contributed by atoms with Gasteiger partial charge in [-0.1, -0.05) is 12.1 Å². The minimum Gasteiger partial charge on any atom is -0.346 e. The second kappa shape index (κ2) is 6.97. The van der Waals surface area contributed by atoms with Crippen molar-refractivity contribution in [2.45, 2.75) is 6.54 Å². The molecule has 0 spiro atoms. The van der Waals surface area contributed by atoms with Crippen LogP contribution in [0.25, 0.3) is 10.6 Å². The van der Waals surface area contributed by atoms with Crippen molar-refractivity contribution in [3.63, 3.8) is 0 Å². The van der Waals surface area contributed by atoms with Crippen molar-refractivity contribution < 1.29 is 4.79 Å². The second-order valence-electron chi connectivity index (χ2n) is 4.54. The molecule has 1 amide bonds. The first-order chi connectivity index (χ1) is 10.7. The van der Waals surface area contributed by atoms with E-state index in [4.69, 9.17) is 0 Å². The molecule has 0 bridgehead atoms. The molecule has 2 aromatic heterocycles. The molecule has 6 heteroatoms. The highest BCUT2D eigenvalue weighted by molar-refractivity contribution is 14.1. The summed E-state index contributed by atoms with van der Waals surface area (Å²) in [5, 5.41) is 5.80. The first-order valence-corrected chi connectivity index (χ1v) is 8.57. The molecular formula is C16H12IN3OS. The van der Waals surface area contributed by atoms with E-state index in [1.807, 2.05) is 41.8 Å². The van der Waals surface area contributed by atoms with E-state index >= 15 is 0 Å². The van der Waals surface area contributed by atoms with Crippen LogP contribution in [0.4, 0.5) is 0 Å². The smallest absolute Gasteiger partial charge is 0.252 e. The van der Waals surface area contributed by atoms with Gasteiger partial charge in [0, 0.05) is 26.9 Å². The molecule has 0 fully saturated rings. The van der Waals surface area contributed by atoms with Crippen molar-refractivity contribution >= 4 is 39.8 Å². The fourth-order valence-electron chi connectivity index (χ4n) is 1.93. The molecule has 0 aliphatic carbocycles. The zero-order valence-corrected chi connectivity index (χ0v) is 14.5. The number of carbonyl (C=O) groups is 1. The standard InChI is InChI=1S/C16H12IN3OS/c17-14-4-2-1-3-13(14)15(21)19-9-12-10-22-16(20-12)11-5-7-18-8-6-11/h1-8,10H,9H2,(H,19,21). The Hall–Kier alpha value is -1.80. The lowest BCUT2D eigenvalue weighted by Crippen LogP contribution is -2.23. The Labute approximate surface area is 145 Å². The molecule has 0 unspecified atom stereocenters. The van der Waals surface area contributed by atoms with Crippen LogP contribution in [0.15, 0.2) is 54.2 Å². The van der Waals surface area contributed by atoms with Crippen LogP contribution in [0, 0.1) is 3.57 Å². The molecule has 0 saturated carbocycles. The molecule has 22 heavy (non-hydrogen) atoms. The fourth-order valence-corrected chi connectivity index (χ4v) is 3.38. The number of pyridine rings is 1. The van der Waals surface area contributed by atoms with Crippen LogP contribution in [-0.4, -0.2) is 15.9 Å². The number of hydrogen-bond donors (Lipinski definition) is 1. The third-order valence-electron chi connectivity index (χ3n) is 3.03. The predicted molar refractivity (Wildman–Crippen MR) is 95.7 cm³/mol. The molecule has 0 aliphatic rings. The highest BCUT2D eigenvalue weighted by Gasteiger charge is 2.10. The number of halogens is 1. The van der Waals surface area contributed by atoms with E-state index in [1.54, 1.807) is 23.7 Å². The highest BCUT2D eigenvalue weighted by Crippen LogP contribution is 2.22. The van der Waals surface area contributed by atoms with E-state index in [0.29, 0.717) is 12.1 Å². The number of amides is 1. The Balaban J connectivity index is 1.67. The van der Waals surface area contributed by atoms with E-state index in [-0.39, 0.29) is 5.91 Å². The maximum atomic E-state index is 12.2. The summed E-state index contributed by atoms with van der Waals surface area (Å²) in [5.41, 5.74) is 2.58. The Bertz CT molecular complexity index is 789. The third kappa shape index (κ3) is 3.50. The third-order valence-corrected chi connectivity index (χ3v) is 4.91. The summed E-state index contributed by atoms with van der Waals surface area (Å²) in [4.78, 5) is 20.7. The van der Waals surface area contributed by atoms with Gasteiger partial charge < -0.3 is 5.32 Å². The van der Waals surface area contributed by atoms with Gasteiger partial charge in [-0.05, 0) is 46.9 Å². The van der Waals surface area contributed by atoms with Gasteiger partial charge >= 0.3 is 0 Å². The van der Waals surface area contributed by atoms with Crippen molar-refractivity contribution in [3.05, 3.63) is 69.0 Å². The van der Waals surface area contributed by atoms with E-state index in [9.17, 15) is 4.79 Å². The van der Waals surface area contributed by atoms with Crippen LogP contribution >= 0.6 is 33.9 Å². The first kappa shape index (κ1) is 15.1. The number of nitrogens with zero attached hydrogens (tertiary/aromatic N) is 2. The fraction of sp³-hybridized carbons (Fsp3) is 0.0625. The molecule has 0 atom stereocenters. The van der Waals surface area contributed by atoms with Gasteiger partial charge in [-0.2, -0.15) is 0 Å². The van der Waals surface area contributed by atoms with Crippen LogP contribution < -0.4 is 5.32 Å². The number of carbonyl (C=O) groups excluding carboxylic acids is 1. The molecule has 1 N–H and O–H groups in total. The molecule has 0 saturated heterocycles. The number of thiazole rings is 1. The van der Waals surface area contributed by atoms with Crippen molar-refractivity contribution in [2.24, 2.45) is 0 Å². The summed E-state index contributed by atoms with van der Waals surface area (Å²) in [6.45, 7) is 0.422. The molecule has 0 radical (unpaired) electrons. The van der Waals surface area contributed by atoms with Gasteiger partial charge in [0.15, 0.2) is 0 Å². The summed E-state index contributed by atoms with van der Waals surface area (Å²) < 4.78 is 0.938. The van der Waals surface area contributed by atoms with Gasteiger partial charge in [-0.3, -0.25) is 9.78 Å². The SMILES string of the molecule is O=C(NCc1csc(-c2ccncc2)n1)c1ccccc1I. The largest absolute Gasteiger partial charge is 0.346 e. The average molecular weight is 421 g/mol. The Morgan fingerprint density at radius 2 is 1.95 bits per heavy atom. The molecule has 110 valence electrons. The Morgan fingerprint density at radius 3 is 2.73 bits per heavy atom. The number of nitrogens with one attached hydrogen (secondary N) is 1. The topological polar surface area (TPSA) is 54.9 Å². The monoisotopic (exact) mass is 421 g/mol. The Morgan fingerprint density at radius 1 is 1.18 bits per heavy atom. The van der Waals surface area contributed by atoms with E-state index in [2.05, 4.69) is 37.9 Å². The van der Waals surface area contributed by atoms with Crippen molar-refractivity contribution in [3.8, 4) is 10.6 Å². The number of benzene rings is 1. The molecule has 3 aromatic rings. The summed E-state index contributed by atoms with van der Waals surface area (Å²) in [5.74, 6) is -0.0801. The lowest BCUT2D eigenvalue weighted by molar-refractivity contribution is 0.0949. The van der Waals surface area contributed by atoms with Crippen LogP contribution in [-0.2, 0) is 6.54 Å². The average Bonchev–Trinajstić information content (AvgIpc) is 3.03. The summed E-state index contributed by atoms with van der Waals surface area (Å²) in [6, 6.07) is 11.4. The van der Waals surface area contributed by atoms with Crippen LogP contribution in [0.2, 0.25) is 0 Å². The Kier molecular flexibility index (Phi) is 4.79.